The largest absolute Gasteiger partial charge is 0.252 e. The molecule has 1 aliphatic rings. The zero-order valence-corrected chi connectivity index (χ0v) is 5.13. The number of hydrogen-bond donors (Lipinski definition) is 1. The van der Waals surface area contributed by atoms with Gasteiger partial charge in [0.1, 0.15) is 0 Å². The Morgan fingerprint density at radius 2 is 2.17 bits per heavy atom. The van der Waals surface area contributed by atoms with Gasteiger partial charge in [0, 0.05) is 11.5 Å². The third-order valence-corrected chi connectivity index (χ3v) is 4.03. The molecule has 6 heavy (non-hydrogen) atoms. The van der Waals surface area contributed by atoms with Gasteiger partial charge in [0.2, 0.25) is 0 Å². The molecular weight excluding hydrogens is 114 g/mol. The van der Waals surface area contributed by atoms with Crippen molar-refractivity contribution in [2.45, 2.75) is 0 Å². The molecule has 0 aromatic rings. The van der Waals surface area contributed by atoms with E-state index in [1.165, 1.54) is 11.5 Å². The Bertz CT molecular complexity index is 110. The van der Waals surface area contributed by atoms with Crippen LogP contribution in [0.3, 0.4) is 0 Å². The molecule has 3 heteroatoms. The molecule has 0 aliphatic carbocycles. The van der Waals surface area contributed by atoms with Crippen LogP contribution in [0.15, 0.2) is 4.40 Å². The van der Waals surface area contributed by atoms with Crippen molar-refractivity contribution < 1.29 is 0 Å². The molecule has 1 saturated heterocycles. The summed E-state index contributed by atoms with van der Waals surface area (Å²) in [7, 11) is -1.05. The van der Waals surface area contributed by atoms with E-state index in [1.807, 2.05) is 0 Å². The molecule has 36 valence electrons. The van der Waals surface area contributed by atoms with Crippen LogP contribution in [0.25, 0.3) is 0 Å². The maximum Gasteiger partial charge on any atom is 0.00635 e. The van der Waals surface area contributed by atoms with E-state index < -0.39 is 8.77 Å². The molecule has 0 bridgehead atoms. The quantitative estimate of drug-likeness (QED) is 0.292. The van der Waals surface area contributed by atoms with Gasteiger partial charge in [-0.1, -0.05) is 11.2 Å². The third kappa shape index (κ3) is 0.656. The predicted octanol–water partition coefficient (Wildman–Crippen LogP) is -0.0362. The van der Waals surface area contributed by atoms with Crippen molar-refractivity contribution in [3.63, 3.8) is 0 Å². The SMILES string of the molecule is C=N[SH]1(=S)CC1. The lowest BCUT2D eigenvalue weighted by atomic mass is 11.0. The van der Waals surface area contributed by atoms with Gasteiger partial charge >= 0.3 is 0 Å². The van der Waals surface area contributed by atoms with Gasteiger partial charge in [-0.25, -0.2) is 0 Å². The smallest absolute Gasteiger partial charge is 0.00635 e. The number of nitrogens with zero attached hydrogens (tertiary/aromatic N) is 1. The van der Waals surface area contributed by atoms with Gasteiger partial charge in [0.05, 0.1) is 0 Å². The van der Waals surface area contributed by atoms with Crippen LogP contribution < -0.4 is 0 Å². The highest BCUT2D eigenvalue weighted by Gasteiger charge is 2.21. The van der Waals surface area contributed by atoms with Crippen molar-refractivity contribution in [2.75, 3.05) is 11.5 Å². The highest BCUT2D eigenvalue weighted by molar-refractivity contribution is 8.43. The van der Waals surface area contributed by atoms with Crippen LogP contribution in [0.4, 0.5) is 0 Å². The van der Waals surface area contributed by atoms with E-state index in [2.05, 4.69) is 11.1 Å². The van der Waals surface area contributed by atoms with Crippen LogP contribution in [-0.2, 0) is 20.0 Å². The fourth-order valence-electron chi connectivity index (χ4n) is 0.227. The topological polar surface area (TPSA) is 12.4 Å². The highest BCUT2D eigenvalue weighted by atomic mass is 32.9. The molecule has 0 spiro atoms. The molecule has 1 nitrogen and oxygen atoms in total. The van der Waals surface area contributed by atoms with Gasteiger partial charge in [-0.05, 0) is 6.72 Å². The van der Waals surface area contributed by atoms with Gasteiger partial charge in [-0.3, -0.25) is 4.40 Å². The minimum absolute atomic E-state index is 1.05. The first-order chi connectivity index (χ1) is 2.77. The van der Waals surface area contributed by atoms with Crippen molar-refractivity contribution in [1.82, 2.24) is 0 Å². The molecule has 1 rings (SSSR count). The maximum atomic E-state index is 4.98. The van der Waals surface area contributed by atoms with Crippen LogP contribution in [0.2, 0.25) is 0 Å². The summed E-state index contributed by atoms with van der Waals surface area (Å²) in [6, 6.07) is 0. The fourth-order valence-corrected chi connectivity index (χ4v) is 1.93. The third-order valence-electron chi connectivity index (χ3n) is 0.864. The normalized spacial score (nSPS) is 31.3. The van der Waals surface area contributed by atoms with Crippen LogP contribution >= 0.6 is 0 Å². The van der Waals surface area contributed by atoms with Crippen LogP contribution in [0, 0.1) is 0 Å². The summed E-state index contributed by atoms with van der Waals surface area (Å²) in [6.07, 6.45) is 0. The van der Waals surface area contributed by atoms with Crippen LogP contribution in [0.5, 0.6) is 0 Å². The average Bonchev–Trinajstić information content (AvgIpc) is 2.22. The summed E-state index contributed by atoms with van der Waals surface area (Å²) < 4.78 is 3.81. The Labute approximate surface area is 43.2 Å². The Balaban J connectivity index is 2.72. The van der Waals surface area contributed by atoms with Crippen molar-refractivity contribution >= 4 is 26.7 Å². The van der Waals surface area contributed by atoms with Crippen molar-refractivity contribution in [1.29, 1.82) is 0 Å². The van der Waals surface area contributed by atoms with E-state index in [9.17, 15) is 0 Å². The fraction of sp³-hybridized carbons (Fsp3) is 0.667. The van der Waals surface area contributed by atoms with Crippen molar-refractivity contribution in [3.8, 4) is 0 Å². The molecule has 1 heterocycles. The second-order valence-electron chi connectivity index (χ2n) is 1.43. The molecule has 0 saturated carbocycles. The summed E-state index contributed by atoms with van der Waals surface area (Å²) in [5.74, 6) is 2.34. The second kappa shape index (κ2) is 1.10. The molecule has 0 aromatic carbocycles. The van der Waals surface area contributed by atoms with Crippen molar-refractivity contribution in [2.24, 2.45) is 4.40 Å². The number of hydrogen-bond acceptors (Lipinski definition) is 1. The lowest BCUT2D eigenvalue weighted by Crippen LogP contribution is -1.72. The van der Waals surface area contributed by atoms with Crippen LogP contribution in [-0.4, -0.2) is 18.2 Å². The van der Waals surface area contributed by atoms with Gasteiger partial charge in [0.15, 0.2) is 0 Å². The molecular formula is C3H7NS2. The number of rotatable bonds is 1. The molecule has 0 atom stereocenters. The first-order valence-corrected chi connectivity index (χ1v) is 4.96. The van der Waals surface area contributed by atoms with Crippen molar-refractivity contribution in [3.05, 3.63) is 0 Å². The van der Waals surface area contributed by atoms with Gasteiger partial charge in [-0.15, -0.1) is 8.77 Å². The zero-order chi connectivity index (χ0) is 4.62. The van der Waals surface area contributed by atoms with Gasteiger partial charge < -0.3 is 0 Å². The molecule has 0 unspecified atom stereocenters. The van der Waals surface area contributed by atoms with Gasteiger partial charge in [0.25, 0.3) is 0 Å². The van der Waals surface area contributed by atoms with E-state index in [4.69, 9.17) is 11.2 Å². The van der Waals surface area contributed by atoms with E-state index >= 15 is 0 Å². The number of thiol groups is 1. The molecule has 1 fully saturated rings. The van der Waals surface area contributed by atoms with Crippen LogP contribution in [0.1, 0.15) is 0 Å². The first-order valence-electron chi connectivity index (χ1n) is 1.83. The predicted molar refractivity (Wildman–Crippen MR) is 35.4 cm³/mol. The molecule has 0 amide bonds. The second-order valence-corrected chi connectivity index (χ2v) is 6.34. The van der Waals surface area contributed by atoms with Gasteiger partial charge in [-0.2, -0.15) is 0 Å². The Kier molecular flexibility index (Phi) is 0.809. The Hall–Kier alpha value is 0.240. The average molecular weight is 121 g/mol. The Morgan fingerprint density at radius 3 is 2.17 bits per heavy atom. The van der Waals surface area contributed by atoms with E-state index in [1.54, 1.807) is 0 Å². The molecule has 0 aromatic heterocycles. The summed E-state index contributed by atoms with van der Waals surface area (Å²) in [6.45, 7) is 3.39. The molecule has 0 N–H and O–H groups in total. The summed E-state index contributed by atoms with van der Waals surface area (Å²) in [4.78, 5) is 0. The summed E-state index contributed by atoms with van der Waals surface area (Å²) >= 11 is 4.98. The maximum absolute atomic E-state index is 4.98. The van der Waals surface area contributed by atoms with E-state index in [-0.39, 0.29) is 0 Å². The van der Waals surface area contributed by atoms with E-state index in [0.717, 1.165) is 0 Å². The standard InChI is InChI=1S/C3H7NS2/c1-4-6(5)2-3-6/h6H,1-3H2. The monoisotopic (exact) mass is 121 g/mol. The van der Waals surface area contributed by atoms with E-state index in [0.29, 0.717) is 0 Å². The Morgan fingerprint density at radius 1 is 1.67 bits per heavy atom. The minimum Gasteiger partial charge on any atom is -0.252 e. The molecule has 0 radical (unpaired) electrons. The molecule has 1 aliphatic heterocycles. The first kappa shape index (κ1) is 4.40. The summed E-state index contributed by atoms with van der Waals surface area (Å²) in [5.41, 5.74) is 0. The highest BCUT2D eigenvalue weighted by Crippen LogP contribution is 2.20. The minimum atomic E-state index is -1.05. The lowest BCUT2D eigenvalue weighted by molar-refractivity contribution is 1.75. The lowest BCUT2D eigenvalue weighted by Gasteiger charge is -1.85. The zero-order valence-electron chi connectivity index (χ0n) is 3.42. The summed E-state index contributed by atoms with van der Waals surface area (Å²) in [5, 5.41) is 0.